The van der Waals surface area contributed by atoms with Crippen molar-refractivity contribution in [3.63, 3.8) is 0 Å². The van der Waals surface area contributed by atoms with Crippen LogP contribution in [0.3, 0.4) is 0 Å². The average Bonchev–Trinajstić information content (AvgIpc) is 3.79. The van der Waals surface area contributed by atoms with Crippen LogP contribution in [0.25, 0.3) is 0 Å². The van der Waals surface area contributed by atoms with Gasteiger partial charge in [0.05, 0.1) is 45.2 Å². The van der Waals surface area contributed by atoms with Gasteiger partial charge in [-0.25, -0.2) is 0 Å². The molecule has 0 aromatic heterocycles. The molecule has 5 aliphatic rings. The topological polar surface area (TPSA) is 40.2 Å². The lowest BCUT2D eigenvalue weighted by Crippen LogP contribution is -2.51. The smallest absolute Gasteiger partial charge is 0.0936 e. The lowest BCUT2D eigenvalue weighted by Gasteiger charge is -2.58. The number of likely N-dealkylation sites (tertiary alicyclic amines) is 1. The second-order valence-corrected chi connectivity index (χ2v) is 23.4. The fourth-order valence-corrected chi connectivity index (χ4v) is 13.7. The summed E-state index contributed by atoms with van der Waals surface area (Å²) in [5, 5.41) is 0. The minimum absolute atomic E-state index is 0.0967. The van der Waals surface area contributed by atoms with Crippen molar-refractivity contribution in [2.75, 3.05) is 59.3 Å². The Labute approximate surface area is 391 Å². The molecule has 2 unspecified atom stereocenters. The molecule has 0 N–H and O–H groups in total. The van der Waals surface area contributed by atoms with E-state index in [0.717, 1.165) is 81.0 Å². The van der Waals surface area contributed by atoms with Crippen LogP contribution in [0.1, 0.15) is 209 Å². The van der Waals surface area contributed by atoms with E-state index in [1.807, 2.05) is 0 Å². The third-order valence-electron chi connectivity index (χ3n) is 17.4. The maximum Gasteiger partial charge on any atom is 0.0936 e. The van der Waals surface area contributed by atoms with Crippen LogP contribution in [0.15, 0.2) is 36.0 Å². The Balaban J connectivity index is 0.923. The Kier molecular flexibility index (Phi) is 23.3. The van der Waals surface area contributed by atoms with Gasteiger partial charge in [-0.2, -0.15) is 0 Å². The minimum Gasteiger partial charge on any atom is -0.379 e. The third kappa shape index (κ3) is 16.9. The first-order valence-corrected chi connectivity index (χ1v) is 27.6. The number of fused-ring (bicyclic) bond motifs is 5. The SMILES string of the molecule is CCCCCC=CCC=CCCCCCCCCOCC(CN1CCC(C)(C)C1)OCCOCCO[C@H]1CC[C@@]2(C)C(=CC[C@@H]3[C@@H]2CC[C@]2(C)C([C@H](C)CCCC(C)C)CC[C@@H]32)C1. The summed E-state index contributed by atoms with van der Waals surface area (Å²) in [6.07, 6.45) is 44.1. The maximum atomic E-state index is 6.53. The summed E-state index contributed by atoms with van der Waals surface area (Å²) in [6, 6.07) is 0. The van der Waals surface area contributed by atoms with Crippen molar-refractivity contribution in [2.24, 2.45) is 51.8 Å². The Bertz CT molecular complexity index is 1340. The zero-order valence-electron chi connectivity index (χ0n) is 42.9. The highest BCUT2D eigenvalue weighted by Crippen LogP contribution is 2.67. The van der Waals surface area contributed by atoms with Crippen molar-refractivity contribution in [1.82, 2.24) is 4.90 Å². The summed E-state index contributed by atoms with van der Waals surface area (Å²) in [7, 11) is 0. The first-order chi connectivity index (χ1) is 30.4. The highest BCUT2D eigenvalue weighted by atomic mass is 16.6. The fraction of sp³-hybridized carbons (Fsp3) is 0.897. The molecule has 0 aromatic carbocycles. The predicted octanol–water partition coefficient (Wildman–Crippen LogP) is 15.4. The number of rotatable bonds is 32. The second-order valence-electron chi connectivity index (χ2n) is 23.4. The largest absolute Gasteiger partial charge is 0.379 e. The molecular weight excluding hydrogens is 775 g/mol. The van der Waals surface area contributed by atoms with E-state index in [2.05, 4.69) is 90.7 Å². The molecule has 5 heteroatoms. The van der Waals surface area contributed by atoms with Gasteiger partial charge in [0.2, 0.25) is 0 Å². The number of unbranched alkanes of at least 4 members (excludes halogenated alkanes) is 9. The van der Waals surface area contributed by atoms with Gasteiger partial charge in [-0.15, -0.1) is 0 Å². The van der Waals surface area contributed by atoms with Crippen LogP contribution in [-0.2, 0) is 18.9 Å². The number of allylic oxidation sites excluding steroid dienone is 5. The van der Waals surface area contributed by atoms with Crippen LogP contribution in [0.5, 0.6) is 0 Å². The molecule has 1 heterocycles. The lowest BCUT2D eigenvalue weighted by molar-refractivity contribution is -0.0732. The van der Waals surface area contributed by atoms with Crippen LogP contribution in [0.2, 0.25) is 0 Å². The van der Waals surface area contributed by atoms with Gasteiger partial charge in [0, 0.05) is 19.7 Å². The molecule has 0 radical (unpaired) electrons. The van der Waals surface area contributed by atoms with Crippen LogP contribution in [0.4, 0.5) is 0 Å². The van der Waals surface area contributed by atoms with Crippen molar-refractivity contribution in [2.45, 2.75) is 222 Å². The van der Waals surface area contributed by atoms with Gasteiger partial charge in [-0.1, -0.05) is 149 Å². The summed E-state index contributed by atoms with van der Waals surface area (Å²) >= 11 is 0. The zero-order valence-corrected chi connectivity index (χ0v) is 42.9. The molecule has 364 valence electrons. The van der Waals surface area contributed by atoms with E-state index in [-0.39, 0.29) is 6.10 Å². The van der Waals surface area contributed by atoms with Crippen LogP contribution in [0, 0.1) is 51.8 Å². The molecule has 1 saturated heterocycles. The molecule has 3 saturated carbocycles. The molecule has 63 heavy (non-hydrogen) atoms. The molecule has 0 amide bonds. The lowest BCUT2D eigenvalue weighted by atomic mass is 9.47. The quantitative estimate of drug-likeness (QED) is 0.0497. The minimum atomic E-state index is 0.0967. The van der Waals surface area contributed by atoms with E-state index < -0.39 is 0 Å². The Hall–Kier alpha value is -0.980. The number of nitrogens with zero attached hydrogens (tertiary/aromatic N) is 1. The standard InChI is InChI=1S/C58H103NO4/c1-9-10-11-12-13-14-15-16-17-18-19-20-21-22-23-24-38-61-45-51(44-59-37-36-56(5,6)46-59)63-42-40-60-39-41-62-50-32-34-57(7)49(43-50)28-29-52-54-31-30-53(48(4)27-25-26-47(2)3)58(54,8)35-33-55(52)57/h13-14,16-17,28,47-48,50-55H,9-12,15,18-27,29-46H2,1-8H3/t48-,50+,51?,52+,53?,54+,55+,57+,58-/m1/s1. The van der Waals surface area contributed by atoms with Crippen molar-refractivity contribution in [3.05, 3.63) is 36.0 Å². The molecule has 0 aromatic rings. The maximum absolute atomic E-state index is 6.53. The normalized spacial score (nSPS) is 30.6. The molecule has 0 bridgehead atoms. The summed E-state index contributed by atoms with van der Waals surface area (Å²) in [4.78, 5) is 2.58. The molecule has 0 spiro atoms. The predicted molar refractivity (Wildman–Crippen MR) is 268 cm³/mol. The number of ether oxygens (including phenoxy) is 4. The molecule has 5 nitrogen and oxygen atoms in total. The Morgan fingerprint density at radius 2 is 1.46 bits per heavy atom. The zero-order chi connectivity index (χ0) is 45.0. The highest BCUT2D eigenvalue weighted by Gasteiger charge is 2.59. The van der Waals surface area contributed by atoms with E-state index in [1.165, 1.54) is 135 Å². The van der Waals surface area contributed by atoms with Crippen LogP contribution in [-0.4, -0.2) is 76.4 Å². The van der Waals surface area contributed by atoms with E-state index >= 15 is 0 Å². The molecule has 4 fully saturated rings. The van der Waals surface area contributed by atoms with E-state index in [1.54, 1.807) is 5.57 Å². The van der Waals surface area contributed by atoms with Gasteiger partial charge in [0.25, 0.3) is 0 Å². The summed E-state index contributed by atoms with van der Waals surface area (Å²) in [6.45, 7) is 27.1. The second kappa shape index (κ2) is 27.7. The van der Waals surface area contributed by atoms with Gasteiger partial charge in [0.15, 0.2) is 0 Å². The van der Waals surface area contributed by atoms with E-state index in [0.29, 0.717) is 55.4 Å². The molecule has 9 atom stereocenters. The molecule has 1 aliphatic heterocycles. The van der Waals surface area contributed by atoms with Gasteiger partial charge >= 0.3 is 0 Å². The molecule has 4 aliphatic carbocycles. The number of hydrogen-bond donors (Lipinski definition) is 0. The van der Waals surface area contributed by atoms with Crippen LogP contribution < -0.4 is 0 Å². The summed E-state index contributed by atoms with van der Waals surface area (Å²) in [5.41, 5.74) is 3.07. The first-order valence-electron chi connectivity index (χ1n) is 27.6. The Morgan fingerprint density at radius 1 is 0.714 bits per heavy atom. The molecular formula is C58H103NO4. The third-order valence-corrected chi connectivity index (χ3v) is 17.4. The fourth-order valence-electron chi connectivity index (χ4n) is 13.7. The summed E-state index contributed by atoms with van der Waals surface area (Å²) < 4.78 is 25.3. The van der Waals surface area contributed by atoms with Crippen molar-refractivity contribution >= 4 is 0 Å². The molecule has 5 rings (SSSR count). The average molecular weight is 878 g/mol. The van der Waals surface area contributed by atoms with Gasteiger partial charge < -0.3 is 23.8 Å². The van der Waals surface area contributed by atoms with Gasteiger partial charge in [0.1, 0.15) is 0 Å². The monoisotopic (exact) mass is 878 g/mol. The highest BCUT2D eigenvalue weighted by molar-refractivity contribution is 5.25. The van der Waals surface area contributed by atoms with Gasteiger partial charge in [-0.3, -0.25) is 0 Å². The Morgan fingerprint density at radius 3 is 2.21 bits per heavy atom. The van der Waals surface area contributed by atoms with Gasteiger partial charge in [-0.05, 0) is 155 Å². The van der Waals surface area contributed by atoms with Crippen LogP contribution >= 0.6 is 0 Å². The van der Waals surface area contributed by atoms with Crippen molar-refractivity contribution in [1.29, 1.82) is 0 Å². The van der Waals surface area contributed by atoms with Crippen molar-refractivity contribution in [3.8, 4) is 0 Å². The van der Waals surface area contributed by atoms with E-state index in [9.17, 15) is 0 Å². The summed E-state index contributed by atoms with van der Waals surface area (Å²) in [5.74, 6) is 5.36. The van der Waals surface area contributed by atoms with Crippen molar-refractivity contribution < 1.29 is 18.9 Å². The number of hydrogen-bond acceptors (Lipinski definition) is 5. The van der Waals surface area contributed by atoms with E-state index in [4.69, 9.17) is 18.9 Å². The first kappa shape index (κ1) is 53.0.